The van der Waals surface area contributed by atoms with Crippen LogP contribution in [0.1, 0.15) is 43.5 Å². The van der Waals surface area contributed by atoms with Crippen molar-refractivity contribution in [2.45, 2.75) is 45.2 Å². The van der Waals surface area contributed by atoms with Crippen LogP contribution in [0.4, 0.5) is 5.69 Å². The lowest BCUT2D eigenvalue weighted by atomic mass is 9.96. The maximum Gasteiger partial charge on any atom is 0.256 e. The molecule has 0 spiro atoms. The number of rotatable bonds is 1. The smallest absolute Gasteiger partial charge is 0.256 e. The van der Waals surface area contributed by atoms with E-state index >= 15 is 0 Å². The van der Waals surface area contributed by atoms with Crippen LogP contribution in [0.3, 0.4) is 0 Å². The molecule has 1 amide bonds. The van der Waals surface area contributed by atoms with Gasteiger partial charge in [-0.25, -0.2) is 0 Å². The largest absolute Gasteiger partial charge is 0.397 e. The first-order valence-electron chi connectivity index (χ1n) is 6.13. The summed E-state index contributed by atoms with van der Waals surface area (Å²) in [5, 5.41) is 0. The van der Waals surface area contributed by atoms with Gasteiger partial charge >= 0.3 is 0 Å². The number of carbonyl (C=O) groups is 1. The van der Waals surface area contributed by atoms with Gasteiger partial charge in [0.15, 0.2) is 0 Å². The summed E-state index contributed by atoms with van der Waals surface area (Å²) < 4.78 is 0. The summed E-state index contributed by atoms with van der Waals surface area (Å²) in [7, 11) is 0. The summed E-state index contributed by atoms with van der Waals surface area (Å²) in [5.41, 5.74) is 6.84. The van der Waals surface area contributed by atoms with Crippen LogP contribution in [-0.4, -0.2) is 27.9 Å². The standard InChI is InChI=1S/C13H19N3O/c1-9-4-3-5-10(2)16(9)13(17)11-6-7-15-8-12(11)14/h6-10H,3-5,14H2,1-2H3/t9-,10+. The fourth-order valence-corrected chi connectivity index (χ4v) is 2.56. The summed E-state index contributed by atoms with van der Waals surface area (Å²) >= 11 is 0. The first-order chi connectivity index (χ1) is 8.11. The third-order valence-corrected chi connectivity index (χ3v) is 3.51. The number of nitrogens with zero attached hydrogens (tertiary/aromatic N) is 2. The maximum absolute atomic E-state index is 12.5. The molecule has 4 nitrogen and oxygen atoms in total. The number of pyridine rings is 1. The van der Waals surface area contributed by atoms with E-state index in [0.717, 1.165) is 12.8 Å². The van der Waals surface area contributed by atoms with E-state index in [0.29, 0.717) is 23.3 Å². The van der Waals surface area contributed by atoms with Gasteiger partial charge in [0.25, 0.3) is 5.91 Å². The summed E-state index contributed by atoms with van der Waals surface area (Å²) in [5.74, 6) is 0.0320. The maximum atomic E-state index is 12.5. The van der Waals surface area contributed by atoms with E-state index in [2.05, 4.69) is 18.8 Å². The van der Waals surface area contributed by atoms with Crippen LogP contribution in [-0.2, 0) is 0 Å². The zero-order valence-corrected chi connectivity index (χ0v) is 10.4. The quantitative estimate of drug-likeness (QED) is 0.807. The SMILES string of the molecule is C[C@@H]1CCC[C@H](C)N1C(=O)c1ccncc1N. The van der Waals surface area contributed by atoms with Gasteiger partial charge in [0.05, 0.1) is 17.4 Å². The van der Waals surface area contributed by atoms with E-state index in [1.165, 1.54) is 12.6 Å². The Labute approximate surface area is 102 Å². The van der Waals surface area contributed by atoms with Gasteiger partial charge in [0.1, 0.15) is 0 Å². The molecule has 1 aliphatic rings. The fourth-order valence-electron chi connectivity index (χ4n) is 2.56. The van der Waals surface area contributed by atoms with Crippen molar-refractivity contribution in [2.24, 2.45) is 0 Å². The first-order valence-corrected chi connectivity index (χ1v) is 6.13. The van der Waals surface area contributed by atoms with Gasteiger partial charge in [-0.3, -0.25) is 9.78 Å². The van der Waals surface area contributed by atoms with Crippen molar-refractivity contribution in [2.75, 3.05) is 5.73 Å². The number of piperidine rings is 1. The van der Waals surface area contributed by atoms with Crippen LogP contribution >= 0.6 is 0 Å². The van der Waals surface area contributed by atoms with Gasteiger partial charge in [-0.15, -0.1) is 0 Å². The lowest BCUT2D eigenvalue weighted by Gasteiger charge is -2.39. The second kappa shape index (κ2) is 4.73. The van der Waals surface area contributed by atoms with E-state index in [9.17, 15) is 4.79 Å². The molecule has 0 unspecified atom stereocenters. The third-order valence-electron chi connectivity index (χ3n) is 3.51. The van der Waals surface area contributed by atoms with Crippen LogP contribution < -0.4 is 5.73 Å². The molecule has 0 aromatic carbocycles. The average Bonchev–Trinajstić information content (AvgIpc) is 2.29. The van der Waals surface area contributed by atoms with Crippen LogP contribution in [0.2, 0.25) is 0 Å². The highest BCUT2D eigenvalue weighted by atomic mass is 16.2. The number of hydrogen-bond acceptors (Lipinski definition) is 3. The molecular formula is C13H19N3O. The molecule has 0 bridgehead atoms. The zero-order valence-electron chi connectivity index (χ0n) is 10.4. The van der Waals surface area contributed by atoms with Crippen molar-refractivity contribution in [3.8, 4) is 0 Å². The number of anilines is 1. The molecule has 1 aliphatic heterocycles. The number of likely N-dealkylation sites (tertiary alicyclic amines) is 1. The Morgan fingerprint density at radius 3 is 2.65 bits per heavy atom. The molecule has 0 saturated carbocycles. The summed E-state index contributed by atoms with van der Waals surface area (Å²) in [6.45, 7) is 4.20. The molecule has 2 N–H and O–H groups in total. The molecule has 1 fully saturated rings. The first kappa shape index (κ1) is 11.9. The van der Waals surface area contributed by atoms with Crippen LogP contribution in [0, 0.1) is 0 Å². The Hall–Kier alpha value is -1.58. The second-order valence-electron chi connectivity index (χ2n) is 4.80. The van der Waals surface area contributed by atoms with E-state index in [4.69, 9.17) is 5.73 Å². The average molecular weight is 233 g/mol. The van der Waals surface area contributed by atoms with E-state index in [-0.39, 0.29) is 5.91 Å². The van der Waals surface area contributed by atoms with Gasteiger partial charge in [-0.1, -0.05) is 0 Å². The minimum atomic E-state index is 0.0320. The van der Waals surface area contributed by atoms with Gasteiger partial charge in [0, 0.05) is 18.3 Å². The molecule has 0 radical (unpaired) electrons. The van der Waals surface area contributed by atoms with Crippen LogP contribution in [0.15, 0.2) is 18.5 Å². The van der Waals surface area contributed by atoms with Gasteiger partial charge in [-0.2, -0.15) is 0 Å². The number of nitrogen functional groups attached to an aromatic ring is 1. The Morgan fingerprint density at radius 1 is 1.41 bits per heavy atom. The molecule has 2 rings (SSSR count). The number of carbonyl (C=O) groups excluding carboxylic acids is 1. The Balaban J connectivity index is 2.27. The van der Waals surface area contributed by atoms with E-state index in [1.54, 1.807) is 12.3 Å². The van der Waals surface area contributed by atoms with Crippen molar-refractivity contribution < 1.29 is 4.79 Å². The van der Waals surface area contributed by atoms with E-state index < -0.39 is 0 Å². The number of nitrogens with two attached hydrogens (primary N) is 1. The lowest BCUT2D eigenvalue weighted by molar-refractivity contribution is 0.0512. The van der Waals surface area contributed by atoms with Gasteiger partial charge in [-0.05, 0) is 39.2 Å². The molecule has 2 atom stereocenters. The van der Waals surface area contributed by atoms with Crippen molar-refractivity contribution in [3.63, 3.8) is 0 Å². The highest BCUT2D eigenvalue weighted by molar-refractivity contribution is 5.99. The minimum Gasteiger partial charge on any atom is -0.397 e. The Morgan fingerprint density at radius 2 is 2.06 bits per heavy atom. The summed E-state index contributed by atoms with van der Waals surface area (Å²) in [4.78, 5) is 18.3. The molecular weight excluding hydrogens is 214 g/mol. The second-order valence-corrected chi connectivity index (χ2v) is 4.80. The predicted octanol–water partition coefficient (Wildman–Crippen LogP) is 2.07. The highest BCUT2D eigenvalue weighted by Crippen LogP contribution is 2.25. The lowest BCUT2D eigenvalue weighted by Crippen LogP contribution is -2.47. The molecule has 1 aromatic rings. The molecule has 4 heteroatoms. The van der Waals surface area contributed by atoms with Crippen molar-refractivity contribution in [1.29, 1.82) is 0 Å². The predicted molar refractivity (Wildman–Crippen MR) is 67.6 cm³/mol. The number of hydrogen-bond donors (Lipinski definition) is 1. The molecule has 92 valence electrons. The van der Waals surface area contributed by atoms with Gasteiger partial charge < -0.3 is 10.6 Å². The van der Waals surface area contributed by atoms with E-state index in [1.807, 2.05) is 4.90 Å². The molecule has 2 heterocycles. The van der Waals surface area contributed by atoms with Crippen molar-refractivity contribution in [3.05, 3.63) is 24.0 Å². The number of amides is 1. The molecule has 0 aliphatic carbocycles. The van der Waals surface area contributed by atoms with Crippen molar-refractivity contribution >= 4 is 11.6 Å². The zero-order chi connectivity index (χ0) is 12.4. The Bertz CT molecular complexity index is 409. The minimum absolute atomic E-state index is 0.0320. The van der Waals surface area contributed by atoms with Crippen LogP contribution in [0.5, 0.6) is 0 Å². The molecule has 1 aromatic heterocycles. The summed E-state index contributed by atoms with van der Waals surface area (Å²) in [6, 6.07) is 2.28. The monoisotopic (exact) mass is 233 g/mol. The third kappa shape index (κ3) is 2.25. The van der Waals surface area contributed by atoms with Crippen LogP contribution in [0.25, 0.3) is 0 Å². The summed E-state index contributed by atoms with van der Waals surface area (Å²) in [6.07, 6.45) is 6.48. The van der Waals surface area contributed by atoms with Gasteiger partial charge in [0.2, 0.25) is 0 Å². The Kier molecular flexibility index (Phi) is 3.31. The normalized spacial score (nSPS) is 24.7. The molecule has 17 heavy (non-hydrogen) atoms. The topological polar surface area (TPSA) is 59.2 Å². The fraction of sp³-hybridized carbons (Fsp3) is 0.538. The molecule has 1 saturated heterocycles. The highest BCUT2D eigenvalue weighted by Gasteiger charge is 2.30. The number of aromatic nitrogens is 1. The van der Waals surface area contributed by atoms with Crippen molar-refractivity contribution in [1.82, 2.24) is 9.88 Å².